The Kier molecular flexibility index (Phi) is 6.63. The first-order valence-electron chi connectivity index (χ1n) is 9.33. The lowest BCUT2D eigenvalue weighted by Gasteiger charge is -2.24. The van der Waals surface area contributed by atoms with Crippen molar-refractivity contribution in [2.45, 2.75) is 11.8 Å². The van der Waals surface area contributed by atoms with Crippen LogP contribution in [0.5, 0.6) is 5.75 Å². The molecule has 0 spiro atoms. The van der Waals surface area contributed by atoms with E-state index in [1.54, 1.807) is 62.6 Å². The molecule has 2 aromatic rings. The van der Waals surface area contributed by atoms with E-state index in [0.717, 1.165) is 18.7 Å². The Morgan fingerprint density at radius 1 is 1.03 bits per heavy atom. The topological polar surface area (TPSA) is 105 Å². The summed E-state index contributed by atoms with van der Waals surface area (Å²) in [4.78, 5) is 12.5. The number of carbonyl (C=O) groups excluding carboxylic acids is 1. The number of amides is 1. The predicted molar refractivity (Wildman–Crippen MR) is 110 cm³/mol. The van der Waals surface area contributed by atoms with Crippen molar-refractivity contribution < 1.29 is 23.3 Å². The number of quaternary nitrogens is 1. The van der Waals surface area contributed by atoms with Gasteiger partial charge in [-0.2, -0.15) is 9.41 Å². The van der Waals surface area contributed by atoms with Gasteiger partial charge in [0, 0.05) is 5.56 Å². The summed E-state index contributed by atoms with van der Waals surface area (Å²) in [6.45, 7) is 4.33. The Hall–Kier alpha value is -2.75. The molecule has 2 aromatic carbocycles. The lowest BCUT2D eigenvalue weighted by atomic mass is 10.1. The third kappa shape index (κ3) is 5.00. The van der Waals surface area contributed by atoms with E-state index in [0.29, 0.717) is 30.1 Å². The molecule has 0 atom stereocenters. The number of hydrazone groups is 1. The minimum Gasteiger partial charge on any atom is -0.497 e. The molecule has 3 N–H and O–H groups in total. The van der Waals surface area contributed by atoms with Gasteiger partial charge in [0.15, 0.2) is 0 Å². The molecule has 0 saturated carbocycles. The van der Waals surface area contributed by atoms with Crippen molar-refractivity contribution in [2.75, 3.05) is 33.3 Å². The molecule has 154 valence electrons. The fourth-order valence-electron chi connectivity index (χ4n) is 2.99. The van der Waals surface area contributed by atoms with Gasteiger partial charge in [0.1, 0.15) is 5.75 Å². The highest BCUT2D eigenvalue weighted by Gasteiger charge is 2.27. The van der Waals surface area contributed by atoms with Gasteiger partial charge in [-0.3, -0.25) is 4.79 Å². The van der Waals surface area contributed by atoms with Gasteiger partial charge in [-0.1, -0.05) is 12.1 Å². The largest absolute Gasteiger partial charge is 0.497 e. The first-order chi connectivity index (χ1) is 13.9. The van der Waals surface area contributed by atoms with Crippen LogP contribution in [0.2, 0.25) is 0 Å². The smallest absolute Gasteiger partial charge is 0.271 e. The molecule has 1 saturated heterocycles. The van der Waals surface area contributed by atoms with E-state index in [9.17, 15) is 13.2 Å². The molecule has 1 heterocycles. The zero-order valence-electron chi connectivity index (χ0n) is 16.5. The van der Waals surface area contributed by atoms with E-state index in [1.165, 1.54) is 4.31 Å². The van der Waals surface area contributed by atoms with Crippen molar-refractivity contribution in [1.82, 2.24) is 9.73 Å². The highest BCUT2D eigenvalue weighted by molar-refractivity contribution is 7.89. The number of rotatable bonds is 6. The van der Waals surface area contributed by atoms with Crippen LogP contribution in [-0.2, 0) is 10.0 Å². The summed E-state index contributed by atoms with van der Waals surface area (Å²) in [6, 6.07) is 13.2. The molecule has 0 bridgehead atoms. The molecule has 1 aliphatic heterocycles. The number of ether oxygens (including phenoxy) is 1. The first kappa shape index (κ1) is 21.0. The van der Waals surface area contributed by atoms with E-state index in [-0.39, 0.29) is 10.8 Å². The maximum atomic E-state index is 12.7. The Morgan fingerprint density at radius 2 is 1.62 bits per heavy atom. The molecule has 29 heavy (non-hydrogen) atoms. The summed E-state index contributed by atoms with van der Waals surface area (Å²) in [6.07, 6.45) is 0. The minimum absolute atomic E-state index is 0.262. The number of carbonyl (C=O) groups is 1. The lowest BCUT2D eigenvalue weighted by molar-refractivity contribution is -0.661. The SMILES string of the molecule is COc1ccc(C(=O)N/N=C(/C)c2ccc(S(=O)(=O)N3CC[NH2+]CC3)cc2)cc1. The fraction of sp³-hybridized carbons (Fsp3) is 0.300. The fourth-order valence-corrected chi connectivity index (χ4v) is 4.46. The van der Waals surface area contributed by atoms with E-state index in [4.69, 9.17) is 4.74 Å². The average molecular weight is 418 g/mol. The van der Waals surface area contributed by atoms with Crippen molar-refractivity contribution in [2.24, 2.45) is 5.10 Å². The first-order valence-corrected chi connectivity index (χ1v) is 10.8. The molecule has 0 radical (unpaired) electrons. The van der Waals surface area contributed by atoms with Crippen LogP contribution in [0.1, 0.15) is 22.8 Å². The van der Waals surface area contributed by atoms with Crippen LogP contribution in [0.25, 0.3) is 0 Å². The van der Waals surface area contributed by atoms with E-state index < -0.39 is 10.0 Å². The highest BCUT2D eigenvalue weighted by Crippen LogP contribution is 2.17. The van der Waals surface area contributed by atoms with Crippen molar-refractivity contribution in [1.29, 1.82) is 0 Å². The molecule has 8 nitrogen and oxygen atoms in total. The Balaban J connectivity index is 1.67. The maximum Gasteiger partial charge on any atom is 0.271 e. The zero-order valence-corrected chi connectivity index (χ0v) is 17.3. The molecule has 0 aliphatic carbocycles. The number of nitrogens with one attached hydrogen (secondary N) is 1. The molecule has 9 heteroatoms. The van der Waals surface area contributed by atoms with Crippen molar-refractivity contribution in [3.63, 3.8) is 0 Å². The summed E-state index contributed by atoms with van der Waals surface area (Å²) in [5, 5.41) is 6.22. The van der Waals surface area contributed by atoms with Crippen LogP contribution in [-0.4, -0.2) is 57.6 Å². The van der Waals surface area contributed by atoms with Gasteiger partial charge < -0.3 is 10.1 Å². The molecular weight excluding hydrogens is 392 g/mol. The van der Waals surface area contributed by atoms with Crippen molar-refractivity contribution >= 4 is 21.6 Å². The average Bonchev–Trinajstić information content (AvgIpc) is 2.78. The quantitative estimate of drug-likeness (QED) is 0.525. The number of sulfonamides is 1. The van der Waals surface area contributed by atoms with Crippen molar-refractivity contribution in [3.8, 4) is 5.75 Å². The highest BCUT2D eigenvalue weighted by atomic mass is 32.2. The number of nitrogens with two attached hydrogens (primary N) is 1. The molecule has 3 rings (SSSR count). The zero-order chi connectivity index (χ0) is 20.9. The van der Waals surface area contributed by atoms with Crippen molar-refractivity contribution in [3.05, 3.63) is 59.7 Å². The molecular formula is C20H25N4O4S+. The van der Waals surface area contributed by atoms with Gasteiger partial charge in [-0.25, -0.2) is 13.8 Å². The Labute approximate surface area is 170 Å². The number of methoxy groups -OCH3 is 1. The van der Waals surface area contributed by atoms with Gasteiger partial charge in [-0.15, -0.1) is 0 Å². The van der Waals surface area contributed by atoms with Gasteiger partial charge in [0.2, 0.25) is 10.0 Å². The standard InChI is InChI=1S/C20H24N4O4S/c1-15(22-23-20(25)17-3-7-18(28-2)8-4-17)16-5-9-19(10-6-16)29(26,27)24-13-11-21-12-14-24/h3-10,21H,11-14H2,1-2H3,(H,23,25)/p+1/b22-15-. The van der Waals surface area contributed by atoms with Gasteiger partial charge in [0.05, 0.1) is 43.9 Å². The number of hydrogen-bond acceptors (Lipinski definition) is 5. The second-order valence-corrected chi connectivity index (χ2v) is 8.60. The molecule has 1 aliphatic rings. The monoisotopic (exact) mass is 417 g/mol. The number of benzene rings is 2. The Morgan fingerprint density at radius 3 is 2.21 bits per heavy atom. The second kappa shape index (κ2) is 9.17. The van der Waals surface area contributed by atoms with Crippen LogP contribution < -0.4 is 15.5 Å². The molecule has 0 unspecified atom stereocenters. The maximum absolute atomic E-state index is 12.7. The van der Waals surface area contributed by atoms with Crippen LogP contribution in [0.15, 0.2) is 58.5 Å². The summed E-state index contributed by atoms with van der Waals surface area (Å²) >= 11 is 0. The molecule has 1 amide bonds. The van der Waals surface area contributed by atoms with E-state index in [1.807, 2.05) is 0 Å². The predicted octanol–water partition coefficient (Wildman–Crippen LogP) is 0.417. The summed E-state index contributed by atoms with van der Waals surface area (Å²) in [5.74, 6) is 0.326. The summed E-state index contributed by atoms with van der Waals surface area (Å²) in [5.41, 5.74) is 4.27. The molecule has 0 aromatic heterocycles. The third-order valence-corrected chi connectivity index (χ3v) is 6.67. The van der Waals surface area contributed by atoms with Crippen LogP contribution >= 0.6 is 0 Å². The number of nitrogens with zero attached hydrogens (tertiary/aromatic N) is 2. The van der Waals surface area contributed by atoms with E-state index >= 15 is 0 Å². The van der Waals surface area contributed by atoms with Crippen LogP contribution in [0.3, 0.4) is 0 Å². The normalized spacial score (nSPS) is 15.7. The van der Waals surface area contributed by atoms with Crippen LogP contribution in [0, 0.1) is 0 Å². The lowest BCUT2D eigenvalue weighted by Crippen LogP contribution is -2.89. The van der Waals surface area contributed by atoms with E-state index in [2.05, 4.69) is 15.8 Å². The van der Waals surface area contributed by atoms with Gasteiger partial charge in [0.25, 0.3) is 5.91 Å². The number of piperazine rings is 1. The molecule has 1 fully saturated rings. The van der Waals surface area contributed by atoms with Crippen LogP contribution in [0.4, 0.5) is 0 Å². The third-order valence-electron chi connectivity index (χ3n) is 4.75. The van der Waals surface area contributed by atoms with Gasteiger partial charge in [-0.05, 0) is 48.9 Å². The second-order valence-electron chi connectivity index (χ2n) is 6.66. The summed E-state index contributed by atoms with van der Waals surface area (Å²) in [7, 11) is -1.92. The minimum atomic E-state index is -3.48. The summed E-state index contributed by atoms with van der Waals surface area (Å²) < 4.78 is 32.0. The Bertz CT molecular complexity index is 980. The van der Waals surface area contributed by atoms with Gasteiger partial charge >= 0.3 is 0 Å². The number of hydrogen-bond donors (Lipinski definition) is 2.